The van der Waals surface area contributed by atoms with Crippen LogP contribution in [0.15, 0.2) is 17.8 Å². The number of rotatable bonds is 2. The molecule has 16 heavy (non-hydrogen) atoms. The van der Waals surface area contributed by atoms with Crippen molar-refractivity contribution in [3.63, 3.8) is 0 Å². The number of nitrogens with zero attached hydrogens (tertiary/aromatic N) is 3. The van der Waals surface area contributed by atoms with E-state index in [0.717, 1.165) is 31.1 Å². The van der Waals surface area contributed by atoms with Crippen molar-refractivity contribution in [3.05, 3.63) is 23.5 Å². The van der Waals surface area contributed by atoms with Crippen molar-refractivity contribution < 1.29 is 0 Å². The van der Waals surface area contributed by atoms with Crippen LogP contribution in [-0.4, -0.2) is 40.0 Å². The van der Waals surface area contributed by atoms with Gasteiger partial charge >= 0.3 is 0 Å². The average molecular weight is 236 g/mol. The Labute approximate surface area is 98.9 Å². The lowest BCUT2D eigenvalue weighted by molar-refractivity contribution is 0.198. The first kappa shape index (κ1) is 10.3. The molecule has 1 fully saturated rings. The smallest absolute Gasteiger partial charge is 0.193 e. The predicted molar refractivity (Wildman–Crippen MR) is 65.8 cm³/mol. The van der Waals surface area contributed by atoms with Gasteiger partial charge in [0.05, 0.1) is 5.69 Å². The summed E-state index contributed by atoms with van der Waals surface area (Å²) < 4.78 is 2.10. The zero-order valence-corrected chi connectivity index (χ0v) is 10.2. The minimum Gasteiger partial charge on any atom is -0.312 e. The van der Waals surface area contributed by atoms with E-state index in [0.29, 0.717) is 6.04 Å². The van der Waals surface area contributed by atoms with E-state index >= 15 is 0 Å². The Morgan fingerprint density at radius 3 is 3.38 bits per heavy atom. The molecule has 0 aromatic carbocycles. The summed E-state index contributed by atoms with van der Waals surface area (Å²) in [6, 6.07) is 0.595. The second-order valence-electron chi connectivity index (χ2n) is 4.42. The Bertz CT molecular complexity index is 446. The maximum atomic E-state index is 4.61. The topological polar surface area (TPSA) is 32.6 Å². The van der Waals surface area contributed by atoms with E-state index in [1.54, 1.807) is 11.3 Å². The van der Waals surface area contributed by atoms with Gasteiger partial charge in [-0.2, -0.15) is 0 Å². The van der Waals surface area contributed by atoms with Crippen LogP contribution in [0.5, 0.6) is 0 Å². The highest BCUT2D eigenvalue weighted by Crippen LogP contribution is 2.13. The molecule has 3 heterocycles. The standard InChI is InChI=1S/C11H16N4S/c1-9-6-14(3-2-12-9)7-10-8-15-4-5-16-11(15)13-10/h4-5,8-9,12H,2-3,6-7H2,1H3/t9-/m1/s1. The first-order valence-electron chi connectivity index (χ1n) is 5.68. The molecular weight excluding hydrogens is 220 g/mol. The molecule has 2 aromatic heterocycles. The highest BCUT2D eigenvalue weighted by molar-refractivity contribution is 7.15. The summed E-state index contributed by atoms with van der Waals surface area (Å²) in [4.78, 5) is 8.17. The molecule has 3 rings (SSSR count). The average Bonchev–Trinajstić information content (AvgIpc) is 2.77. The van der Waals surface area contributed by atoms with Gasteiger partial charge in [-0.3, -0.25) is 9.30 Å². The highest BCUT2D eigenvalue weighted by atomic mass is 32.1. The van der Waals surface area contributed by atoms with Gasteiger partial charge in [0.2, 0.25) is 0 Å². The summed E-state index contributed by atoms with van der Waals surface area (Å²) in [6.45, 7) is 6.53. The summed E-state index contributed by atoms with van der Waals surface area (Å²) in [5.74, 6) is 0. The summed E-state index contributed by atoms with van der Waals surface area (Å²) >= 11 is 1.69. The molecule has 0 spiro atoms. The van der Waals surface area contributed by atoms with E-state index in [4.69, 9.17) is 0 Å². The molecule has 4 nitrogen and oxygen atoms in total. The Kier molecular flexibility index (Phi) is 2.67. The maximum absolute atomic E-state index is 4.61. The zero-order chi connectivity index (χ0) is 11.0. The number of fused-ring (bicyclic) bond motifs is 1. The van der Waals surface area contributed by atoms with Gasteiger partial charge in [-0.1, -0.05) is 0 Å². The van der Waals surface area contributed by atoms with Crippen LogP contribution < -0.4 is 5.32 Å². The fraction of sp³-hybridized carbons (Fsp3) is 0.545. The van der Waals surface area contributed by atoms with Gasteiger partial charge in [-0.05, 0) is 6.92 Å². The Morgan fingerprint density at radius 1 is 1.62 bits per heavy atom. The minimum atomic E-state index is 0.595. The van der Waals surface area contributed by atoms with Gasteiger partial charge in [-0.15, -0.1) is 11.3 Å². The van der Waals surface area contributed by atoms with Gasteiger partial charge in [-0.25, -0.2) is 4.98 Å². The SMILES string of the molecule is C[C@@H]1CN(Cc2cn3ccsc3n2)CCN1. The molecule has 0 saturated carbocycles. The molecule has 0 unspecified atom stereocenters. The van der Waals surface area contributed by atoms with E-state index in [1.165, 1.54) is 5.69 Å². The van der Waals surface area contributed by atoms with Crippen molar-refractivity contribution in [2.45, 2.75) is 19.5 Å². The zero-order valence-electron chi connectivity index (χ0n) is 9.39. The number of piperazine rings is 1. The number of thiazole rings is 1. The van der Waals surface area contributed by atoms with Crippen LogP contribution in [-0.2, 0) is 6.54 Å². The molecule has 1 aliphatic heterocycles. The number of aromatic nitrogens is 2. The number of hydrogen-bond acceptors (Lipinski definition) is 4. The fourth-order valence-electron chi connectivity index (χ4n) is 2.24. The largest absolute Gasteiger partial charge is 0.312 e. The van der Waals surface area contributed by atoms with Crippen LogP contribution >= 0.6 is 11.3 Å². The second-order valence-corrected chi connectivity index (χ2v) is 5.29. The van der Waals surface area contributed by atoms with Gasteiger partial charge in [0, 0.05) is 50.0 Å². The van der Waals surface area contributed by atoms with Crippen LogP contribution in [0.3, 0.4) is 0 Å². The first-order valence-corrected chi connectivity index (χ1v) is 6.56. The van der Waals surface area contributed by atoms with Crippen LogP contribution in [0.2, 0.25) is 0 Å². The van der Waals surface area contributed by atoms with E-state index < -0.39 is 0 Å². The lowest BCUT2D eigenvalue weighted by Crippen LogP contribution is -2.48. The number of hydrogen-bond donors (Lipinski definition) is 1. The summed E-state index contributed by atoms with van der Waals surface area (Å²) in [7, 11) is 0. The molecular formula is C11H16N4S. The summed E-state index contributed by atoms with van der Waals surface area (Å²) in [5.41, 5.74) is 1.18. The Hall–Kier alpha value is -0.910. The molecule has 86 valence electrons. The Morgan fingerprint density at radius 2 is 2.56 bits per heavy atom. The van der Waals surface area contributed by atoms with E-state index in [-0.39, 0.29) is 0 Å². The lowest BCUT2D eigenvalue weighted by atomic mass is 10.2. The molecule has 0 radical (unpaired) electrons. The minimum absolute atomic E-state index is 0.595. The third kappa shape index (κ3) is 1.98. The van der Waals surface area contributed by atoms with Gasteiger partial charge < -0.3 is 5.32 Å². The molecule has 1 aliphatic rings. The van der Waals surface area contributed by atoms with E-state index in [2.05, 4.69) is 44.3 Å². The normalized spacial score (nSPS) is 22.9. The van der Waals surface area contributed by atoms with Gasteiger partial charge in [0.15, 0.2) is 4.96 Å². The monoisotopic (exact) mass is 236 g/mol. The highest BCUT2D eigenvalue weighted by Gasteiger charge is 2.16. The number of imidazole rings is 1. The molecule has 0 bridgehead atoms. The molecule has 0 amide bonds. The maximum Gasteiger partial charge on any atom is 0.193 e. The van der Waals surface area contributed by atoms with E-state index in [9.17, 15) is 0 Å². The molecule has 1 atom stereocenters. The van der Waals surface area contributed by atoms with Crippen molar-refractivity contribution >= 4 is 16.3 Å². The number of nitrogens with one attached hydrogen (secondary N) is 1. The quantitative estimate of drug-likeness (QED) is 0.850. The first-order chi connectivity index (χ1) is 7.81. The molecule has 2 aromatic rings. The van der Waals surface area contributed by atoms with Gasteiger partial charge in [0.1, 0.15) is 0 Å². The predicted octanol–water partition coefficient (Wildman–Crippen LogP) is 1.19. The van der Waals surface area contributed by atoms with Crippen LogP contribution in [0.1, 0.15) is 12.6 Å². The fourth-order valence-corrected chi connectivity index (χ4v) is 2.96. The van der Waals surface area contributed by atoms with Crippen LogP contribution in [0.4, 0.5) is 0 Å². The lowest BCUT2D eigenvalue weighted by Gasteiger charge is -2.31. The molecule has 1 N–H and O–H groups in total. The molecule has 1 saturated heterocycles. The van der Waals surface area contributed by atoms with Crippen LogP contribution in [0.25, 0.3) is 4.96 Å². The third-order valence-corrected chi connectivity index (χ3v) is 3.75. The van der Waals surface area contributed by atoms with Crippen molar-refractivity contribution in [2.24, 2.45) is 0 Å². The second kappa shape index (κ2) is 4.16. The van der Waals surface area contributed by atoms with Crippen molar-refractivity contribution in [3.8, 4) is 0 Å². The van der Waals surface area contributed by atoms with Crippen molar-refractivity contribution in [1.82, 2.24) is 19.6 Å². The molecule has 0 aliphatic carbocycles. The summed E-state index contributed by atoms with van der Waals surface area (Å²) in [6.07, 6.45) is 4.20. The van der Waals surface area contributed by atoms with Crippen LogP contribution in [0, 0.1) is 0 Å². The summed E-state index contributed by atoms with van der Waals surface area (Å²) in [5, 5.41) is 5.52. The van der Waals surface area contributed by atoms with E-state index in [1.807, 2.05) is 0 Å². The van der Waals surface area contributed by atoms with Crippen molar-refractivity contribution in [1.29, 1.82) is 0 Å². The van der Waals surface area contributed by atoms with Crippen molar-refractivity contribution in [2.75, 3.05) is 19.6 Å². The third-order valence-electron chi connectivity index (χ3n) is 2.98. The molecule has 5 heteroatoms. The van der Waals surface area contributed by atoms with Gasteiger partial charge in [0.25, 0.3) is 0 Å². The Balaban J connectivity index is 1.71.